The van der Waals surface area contributed by atoms with Crippen molar-refractivity contribution in [2.75, 3.05) is 20.1 Å². The van der Waals surface area contributed by atoms with Crippen LogP contribution in [0.5, 0.6) is 0 Å². The van der Waals surface area contributed by atoms with E-state index in [0.29, 0.717) is 5.92 Å². The van der Waals surface area contributed by atoms with Crippen LogP contribution >= 0.6 is 0 Å². The molecule has 0 spiro atoms. The van der Waals surface area contributed by atoms with Crippen molar-refractivity contribution in [2.24, 2.45) is 5.92 Å². The van der Waals surface area contributed by atoms with Gasteiger partial charge in [-0.15, -0.1) is 0 Å². The molecule has 0 bridgehead atoms. The average molecular weight is 207 g/mol. The Balaban J connectivity index is 2.01. The molecule has 15 heavy (non-hydrogen) atoms. The molecule has 0 saturated heterocycles. The number of nitrogens with zero attached hydrogens (tertiary/aromatic N) is 2. The minimum Gasteiger partial charge on any atom is -0.301 e. The van der Waals surface area contributed by atoms with Gasteiger partial charge in [0.25, 0.3) is 0 Å². The molecule has 84 valence electrons. The minimum atomic E-state index is -0.279. The number of hydrogen-bond donors (Lipinski definition) is 1. The lowest BCUT2D eigenvalue weighted by atomic mass is 9.94. The van der Waals surface area contributed by atoms with Gasteiger partial charge in [-0.3, -0.25) is 4.90 Å². The highest BCUT2D eigenvalue weighted by Gasteiger charge is 2.47. The van der Waals surface area contributed by atoms with Crippen molar-refractivity contribution in [3.63, 3.8) is 0 Å². The third-order valence-electron chi connectivity index (χ3n) is 3.84. The summed E-state index contributed by atoms with van der Waals surface area (Å²) in [5.74, 6) is 0.584. The molecule has 0 heterocycles. The van der Waals surface area contributed by atoms with E-state index in [1.165, 1.54) is 25.7 Å². The van der Waals surface area contributed by atoms with Crippen LogP contribution in [0, 0.1) is 17.2 Å². The van der Waals surface area contributed by atoms with Crippen molar-refractivity contribution < 1.29 is 0 Å². The first kappa shape index (κ1) is 10.9. The lowest BCUT2D eigenvalue weighted by molar-refractivity contribution is 0.202. The van der Waals surface area contributed by atoms with E-state index in [2.05, 4.69) is 23.2 Å². The summed E-state index contributed by atoms with van der Waals surface area (Å²) >= 11 is 0. The van der Waals surface area contributed by atoms with Crippen LogP contribution in [-0.4, -0.2) is 36.6 Å². The molecule has 2 saturated carbocycles. The summed E-state index contributed by atoms with van der Waals surface area (Å²) < 4.78 is 0. The molecule has 2 aliphatic carbocycles. The van der Waals surface area contributed by atoms with Gasteiger partial charge in [-0.2, -0.15) is 5.26 Å². The molecule has 0 aliphatic heterocycles. The van der Waals surface area contributed by atoms with Gasteiger partial charge in [0.05, 0.1) is 6.07 Å². The fourth-order valence-corrected chi connectivity index (χ4v) is 2.43. The van der Waals surface area contributed by atoms with Gasteiger partial charge in [0.2, 0.25) is 0 Å². The van der Waals surface area contributed by atoms with Crippen LogP contribution in [0.3, 0.4) is 0 Å². The first-order valence-electron chi connectivity index (χ1n) is 6.10. The third-order valence-corrected chi connectivity index (χ3v) is 3.84. The standard InChI is InChI=1S/C12H21N3/c1-3-15(11-6-7-11)9-12(8-13,14-2)10-4-5-10/h10-11,14H,3-7,9H2,1-2H3. The fourth-order valence-electron chi connectivity index (χ4n) is 2.43. The zero-order valence-electron chi connectivity index (χ0n) is 9.79. The Morgan fingerprint density at radius 2 is 2.07 bits per heavy atom. The van der Waals surface area contributed by atoms with E-state index < -0.39 is 0 Å². The largest absolute Gasteiger partial charge is 0.301 e. The summed E-state index contributed by atoms with van der Waals surface area (Å²) in [4.78, 5) is 2.47. The van der Waals surface area contributed by atoms with Gasteiger partial charge in [0.1, 0.15) is 5.54 Å². The Hall–Kier alpha value is -0.590. The molecule has 3 nitrogen and oxygen atoms in total. The molecule has 0 radical (unpaired) electrons. The quantitative estimate of drug-likeness (QED) is 0.715. The average Bonchev–Trinajstić information content (AvgIpc) is 3.11. The predicted octanol–water partition coefficient (Wildman–Crippen LogP) is 1.36. The van der Waals surface area contributed by atoms with Crippen LogP contribution in [0.4, 0.5) is 0 Å². The van der Waals surface area contributed by atoms with Crippen LogP contribution < -0.4 is 5.32 Å². The lowest BCUT2D eigenvalue weighted by Crippen LogP contribution is -2.53. The molecule has 3 heteroatoms. The highest BCUT2D eigenvalue weighted by molar-refractivity contribution is 5.16. The molecule has 1 atom stereocenters. The zero-order chi connectivity index (χ0) is 10.9. The maximum Gasteiger partial charge on any atom is 0.122 e. The van der Waals surface area contributed by atoms with Gasteiger partial charge in [-0.1, -0.05) is 6.92 Å². The zero-order valence-corrected chi connectivity index (χ0v) is 9.79. The van der Waals surface area contributed by atoms with Crippen LogP contribution in [0.15, 0.2) is 0 Å². The number of likely N-dealkylation sites (N-methyl/N-ethyl adjacent to an activating group) is 2. The third kappa shape index (κ3) is 2.16. The Labute approximate surface area is 92.4 Å². The molecular formula is C12H21N3. The summed E-state index contributed by atoms with van der Waals surface area (Å²) in [7, 11) is 1.93. The molecule has 0 aromatic heterocycles. The van der Waals surface area contributed by atoms with E-state index >= 15 is 0 Å². The van der Waals surface area contributed by atoms with E-state index in [0.717, 1.165) is 19.1 Å². The Kier molecular flexibility index (Phi) is 2.99. The number of nitriles is 1. The van der Waals surface area contributed by atoms with Gasteiger partial charge >= 0.3 is 0 Å². The van der Waals surface area contributed by atoms with E-state index in [1.807, 2.05) is 7.05 Å². The normalized spacial score (nSPS) is 24.9. The second-order valence-electron chi connectivity index (χ2n) is 4.90. The van der Waals surface area contributed by atoms with E-state index in [9.17, 15) is 5.26 Å². The van der Waals surface area contributed by atoms with Gasteiger partial charge < -0.3 is 5.32 Å². The summed E-state index contributed by atoms with van der Waals surface area (Å²) in [6, 6.07) is 3.28. The summed E-state index contributed by atoms with van der Waals surface area (Å²) in [6.45, 7) is 4.18. The first-order chi connectivity index (χ1) is 7.25. The first-order valence-corrected chi connectivity index (χ1v) is 6.10. The van der Waals surface area contributed by atoms with Crippen molar-refractivity contribution in [3.05, 3.63) is 0 Å². The maximum absolute atomic E-state index is 9.39. The van der Waals surface area contributed by atoms with E-state index in [4.69, 9.17) is 0 Å². The molecule has 2 aliphatic rings. The highest BCUT2D eigenvalue weighted by Crippen LogP contribution is 2.41. The Bertz CT molecular complexity index is 263. The van der Waals surface area contributed by atoms with Crippen molar-refractivity contribution in [1.82, 2.24) is 10.2 Å². The van der Waals surface area contributed by atoms with Crippen molar-refractivity contribution in [2.45, 2.75) is 44.2 Å². The van der Waals surface area contributed by atoms with Crippen LogP contribution in [-0.2, 0) is 0 Å². The highest BCUT2D eigenvalue weighted by atomic mass is 15.2. The minimum absolute atomic E-state index is 0.279. The number of hydrogen-bond acceptors (Lipinski definition) is 3. The SMILES string of the molecule is CCN(CC(C#N)(NC)C1CC1)C1CC1. The Morgan fingerprint density at radius 1 is 1.40 bits per heavy atom. The number of rotatable bonds is 6. The molecule has 0 aromatic rings. The predicted molar refractivity (Wildman–Crippen MR) is 60.4 cm³/mol. The summed E-state index contributed by atoms with van der Waals surface area (Å²) in [5, 5.41) is 12.7. The van der Waals surface area contributed by atoms with E-state index in [-0.39, 0.29) is 5.54 Å². The molecule has 0 amide bonds. The molecule has 2 rings (SSSR count). The van der Waals surface area contributed by atoms with Crippen molar-refractivity contribution in [3.8, 4) is 6.07 Å². The fraction of sp³-hybridized carbons (Fsp3) is 0.917. The van der Waals surface area contributed by atoms with Gasteiger partial charge in [-0.05, 0) is 45.2 Å². The summed E-state index contributed by atoms with van der Waals surface area (Å²) in [6.07, 6.45) is 5.08. The van der Waals surface area contributed by atoms with Crippen molar-refractivity contribution in [1.29, 1.82) is 5.26 Å². The van der Waals surface area contributed by atoms with Gasteiger partial charge in [0, 0.05) is 12.6 Å². The van der Waals surface area contributed by atoms with Gasteiger partial charge in [0.15, 0.2) is 0 Å². The molecule has 1 N–H and O–H groups in total. The van der Waals surface area contributed by atoms with Crippen molar-refractivity contribution >= 4 is 0 Å². The Morgan fingerprint density at radius 3 is 2.40 bits per heavy atom. The smallest absolute Gasteiger partial charge is 0.122 e. The van der Waals surface area contributed by atoms with Crippen LogP contribution in [0.1, 0.15) is 32.6 Å². The molecule has 1 unspecified atom stereocenters. The molecule has 0 aromatic carbocycles. The lowest BCUT2D eigenvalue weighted by Gasteiger charge is -2.32. The maximum atomic E-state index is 9.39. The van der Waals surface area contributed by atoms with Gasteiger partial charge in [-0.25, -0.2) is 0 Å². The summed E-state index contributed by atoms with van der Waals surface area (Å²) in [5.41, 5.74) is -0.279. The number of nitrogens with one attached hydrogen (secondary N) is 1. The van der Waals surface area contributed by atoms with Crippen LogP contribution in [0.25, 0.3) is 0 Å². The monoisotopic (exact) mass is 207 g/mol. The molecule has 2 fully saturated rings. The second kappa shape index (κ2) is 4.11. The van der Waals surface area contributed by atoms with Crippen LogP contribution in [0.2, 0.25) is 0 Å². The van der Waals surface area contributed by atoms with E-state index in [1.54, 1.807) is 0 Å². The second-order valence-corrected chi connectivity index (χ2v) is 4.90. The topological polar surface area (TPSA) is 39.1 Å². The molecular weight excluding hydrogens is 186 g/mol.